The molecular weight excluding hydrogens is 208 g/mol. The number of hydrogen-bond acceptors (Lipinski definition) is 0. The molecule has 2 nitrogen and oxygen atoms in total. The zero-order valence-corrected chi connectivity index (χ0v) is 10.2. The van der Waals surface area contributed by atoms with Crippen LogP contribution in [0.1, 0.15) is 12.5 Å². The molecule has 2 aromatic heterocycles. The van der Waals surface area contributed by atoms with Crippen molar-refractivity contribution in [2.75, 3.05) is 0 Å². The molecular formula is C15H16N2. The Kier molecular flexibility index (Phi) is 2.29. The Balaban J connectivity index is 2.22. The van der Waals surface area contributed by atoms with Crippen LogP contribution in [0, 0.1) is 6.92 Å². The molecule has 0 unspecified atom stereocenters. The summed E-state index contributed by atoms with van der Waals surface area (Å²) in [6.07, 6.45) is 6.36. The SMILES string of the molecule is CCn1ccn2ccc(-c3ccc(C)cc3)c12. The van der Waals surface area contributed by atoms with Crippen molar-refractivity contribution in [3.05, 3.63) is 54.5 Å². The van der Waals surface area contributed by atoms with Crippen LogP contribution in [0.25, 0.3) is 16.8 Å². The summed E-state index contributed by atoms with van der Waals surface area (Å²) < 4.78 is 4.45. The second kappa shape index (κ2) is 3.81. The highest BCUT2D eigenvalue weighted by atomic mass is 15.1. The highest BCUT2D eigenvalue weighted by Gasteiger charge is 2.08. The molecule has 2 heteroatoms. The molecule has 0 aliphatic heterocycles. The van der Waals surface area contributed by atoms with Crippen molar-refractivity contribution in [3.8, 4) is 11.1 Å². The number of aryl methyl sites for hydroxylation is 2. The first kappa shape index (κ1) is 10.2. The lowest BCUT2D eigenvalue weighted by Crippen LogP contribution is -1.92. The van der Waals surface area contributed by atoms with Crippen LogP contribution in [0.3, 0.4) is 0 Å². The molecule has 0 fully saturated rings. The van der Waals surface area contributed by atoms with Crippen LogP contribution in [0.2, 0.25) is 0 Å². The Morgan fingerprint density at radius 2 is 1.71 bits per heavy atom. The van der Waals surface area contributed by atoms with Gasteiger partial charge in [-0.2, -0.15) is 0 Å². The molecule has 86 valence electrons. The summed E-state index contributed by atoms with van der Waals surface area (Å²) in [4.78, 5) is 0. The predicted octanol–water partition coefficient (Wildman–Crippen LogP) is 3.74. The predicted molar refractivity (Wildman–Crippen MR) is 71.2 cm³/mol. The van der Waals surface area contributed by atoms with Crippen molar-refractivity contribution in [1.29, 1.82) is 0 Å². The van der Waals surface area contributed by atoms with Gasteiger partial charge in [0.05, 0.1) is 0 Å². The largest absolute Gasteiger partial charge is 0.332 e. The highest BCUT2D eigenvalue weighted by Crippen LogP contribution is 2.26. The molecule has 0 aliphatic carbocycles. The summed E-state index contributed by atoms with van der Waals surface area (Å²) in [7, 11) is 0. The van der Waals surface area contributed by atoms with Crippen LogP contribution in [-0.4, -0.2) is 8.97 Å². The van der Waals surface area contributed by atoms with E-state index in [0.717, 1.165) is 6.54 Å². The number of fused-ring (bicyclic) bond motifs is 1. The van der Waals surface area contributed by atoms with Crippen molar-refractivity contribution in [1.82, 2.24) is 8.97 Å². The minimum atomic E-state index is 0.999. The monoisotopic (exact) mass is 224 g/mol. The molecule has 17 heavy (non-hydrogen) atoms. The summed E-state index contributed by atoms with van der Waals surface area (Å²) in [5, 5.41) is 0. The lowest BCUT2D eigenvalue weighted by Gasteiger charge is -2.03. The van der Waals surface area contributed by atoms with E-state index in [1.165, 1.54) is 22.3 Å². The smallest absolute Gasteiger partial charge is 0.124 e. The molecule has 2 heterocycles. The van der Waals surface area contributed by atoms with Gasteiger partial charge in [-0.25, -0.2) is 0 Å². The molecule has 0 bridgehead atoms. The Hall–Kier alpha value is -1.96. The fraction of sp³-hybridized carbons (Fsp3) is 0.200. The van der Waals surface area contributed by atoms with Gasteiger partial charge in [-0.1, -0.05) is 29.8 Å². The minimum Gasteiger partial charge on any atom is -0.332 e. The zero-order valence-electron chi connectivity index (χ0n) is 10.2. The van der Waals surface area contributed by atoms with Gasteiger partial charge in [-0.05, 0) is 25.5 Å². The summed E-state index contributed by atoms with van der Waals surface area (Å²) in [6, 6.07) is 10.9. The minimum absolute atomic E-state index is 0.999. The third-order valence-corrected chi connectivity index (χ3v) is 3.27. The fourth-order valence-electron chi connectivity index (χ4n) is 2.30. The van der Waals surface area contributed by atoms with Gasteiger partial charge in [0.25, 0.3) is 0 Å². The summed E-state index contributed by atoms with van der Waals surface area (Å²) in [6.45, 7) is 5.29. The molecule has 0 atom stereocenters. The number of aromatic nitrogens is 2. The first-order valence-corrected chi connectivity index (χ1v) is 6.02. The molecule has 0 radical (unpaired) electrons. The first-order chi connectivity index (χ1) is 8.29. The van der Waals surface area contributed by atoms with Crippen LogP contribution in [0.4, 0.5) is 0 Å². The summed E-state index contributed by atoms with van der Waals surface area (Å²) in [5.74, 6) is 0. The van der Waals surface area contributed by atoms with Crippen molar-refractivity contribution in [3.63, 3.8) is 0 Å². The van der Waals surface area contributed by atoms with E-state index in [0.29, 0.717) is 0 Å². The second-order valence-corrected chi connectivity index (χ2v) is 4.41. The number of hydrogen-bond donors (Lipinski definition) is 0. The van der Waals surface area contributed by atoms with E-state index in [4.69, 9.17) is 0 Å². The van der Waals surface area contributed by atoms with Gasteiger partial charge in [0.15, 0.2) is 0 Å². The van der Waals surface area contributed by atoms with Crippen molar-refractivity contribution < 1.29 is 0 Å². The van der Waals surface area contributed by atoms with E-state index in [2.05, 4.69) is 71.7 Å². The average Bonchev–Trinajstić information content (AvgIpc) is 2.91. The van der Waals surface area contributed by atoms with Gasteiger partial charge in [-0.15, -0.1) is 0 Å². The average molecular weight is 224 g/mol. The van der Waals surface area contributed by atoms with Crippen LogP contribution in [0.5, 0.6) is 0 Å². The maximum Gasteiger partial charge on any atom is 0.124 e. The third-order valence-electron chi connectivity index (χ3n) is 3.27. The van der Waals surface area contributed by atoms with Crippen molar-refractivity contribution >= 4 is 5.65 Å². The molecule has 3 rings (SSSR count). The Labute approximate surface area is 101 Å². The standard InChI is InChI=1S/C15H16N2/c1-3-16-10-11-17-9-8-14(15(16)17)13-6-4-12(2)5-7-13/h4-11H,3H2,1-2H3. The topological polar surface area (TPSA) is 9.34 Å². The fourth-order valence-corrected chi connectivity index (χ4v) is 2.30. The maximum absolute atomic E-state index is 2.27. The number of nitrogens with zero attached hydrogens (tertiary/aromatic N) is 2. The van der Waals surface area contributed by atoms with Gasteiger partial charge >= 0.3 is 0 Å². The van der Waals surface area contributed by atoms with Crippen LogP contribution < -0.4 is 0 Å². The van der Waals surface area contributed by atoms with Crippen molar-refractivity contribution in [2.24, 2.45) is 0 Å². The van der Waals surface area contributed by atoms with E-state index in [1.54, 1.807) is 0 Å². The van der Waals surface area contributed by atoms with Crippen LogP contribution >= 0.6 is 0 Å². The van der Waals surface area contributed by atoms with Crippen LogP contribution in [-0.2, 0) is 6.54 Å². The van der Waals surface area contributed by atoms with Crippen LogP contribution in [0.15, 0.2) is 48.9 Å². The number of benzene rings is 1. The van der Waals surface area contributed by atoms with E-state index in [9.17, 15) is 0 Å². The van der Waals surface area contributed by atoms with Gasteiger partial charge in [0, 0.05) is 30.7 Å². The molecule has 0 N–H and O–H groups in total. The second-order valence-electron chi connectivity index (χ2n) is 4.41. The molecule has 0 saturated heterocycles. The molecule has 0 saturated carbocycles. The normalized spacial score (nSPS) is 11.2. The third kappa shape index (κ3) is 1.57. The highest BCUT2D eigenvalue weighted by molar-refractivity contribution is 5.78. The first-order valence-electron chi connectivity index (χ1n) is 6.02. The lowest BCUT2D eigenvalue weighted by atomic mass is 10.1. The quantitative estimate of drug-likeness (QED) is 0.627. The summed E-state index contributed by atoms with van der Waals surface area (Å²) in [5.41, 5.74) is 5.16. The molecule has 0 spiro atoms. The van der Waals surface area contributed by atoms with E-state index in [-0.39, 0.29) is 0 Å². The number of imidazole rings is 1. The Morgan fingerprint density at radius 3 is 2.41 bits per heavy atom. The molecule has 0 aliphatic rings. The Bertz CT molecular complexity index is 641. The van der Waals surface area contributed by atoms with Gasteiger partial charge in [0.2, 0.25) is 0 Å². The molecule has 3 aromatic rings. The Morgan fingerprint density at radius 1 is 0.941 bits per heavy atom. The zero-order chi connectivity index (χ0) is 11.8. The maximum atomic E-state index is 2.27. The lowest BCUT2D eigenvalue weighted by molar-refractivity contribution is 0.793. The van der Waals surface area contributed by atoms with Gasteiger partial charge < -0.3 is 8.97 Å². The molecule has 1 aromatic carbocycles. The van der Waals surface area contributed by atoms with E-state index >= 15 is 0 Å². The van der Waals surface area contributed by atoms with Crippen molar-refractivity contribution in [2.45, 2.75) is 20.4 Å². The number of rotatable bonds is 2. The van der Waals surface area contributed by atoms with Gasteiger partial charge in [0.1, 0.15) is 5.65 Å². The van der Waals surface area contributed by atoms with E-state index in [1.807, 2.05) is 0 Å². The van der Waals surface area contributed by atoms with Gasteiger partial charge in [-0.3, -0.25) is 0 Å². The molecule has 0 amide bonds. The summed E-state index contributed by atoms with van der Waals surface area (Å²) >= 11 is 0. The van der Waals surface area contributed by atoms with E-state index < -0.39 is 0 Å².